The maximum atomic E-state index is 3.46. The Hall–Kier alpha value is -5.52. The minimum Gasteiger partial charge on any atom is -0.212 e. The lowest BCUT2D eigenvalue weighted by Crippen LogP contribution is -2.33. The predicted octanol–water partition coefficient (Wildman–Crippen LogP) is 7.99. The highest BCUT2D eigenvalue weighted by Gasteiger charge is 2.48. The first-order chi connectivity index (χ1) is 25.8. The van der Waals surface area contributed by atoms with Gasteiger partial charge in [0.1, 0.15) is 46.4 Å². The van der Waals surface area contributed by atoms with Crippen LogP contribution in [0, 0.1) is 0 Å². The number of hydrogen-bond donors (Lipinski definition) is 0. The van der Waals surface area contributed by atoms with Crippen LogP contribution in [-0.4, -0.2) is 0 Å². The first-order valence-electron chi connectivity index (χ1n) is 17.8. The predicted molar refractivity (Wildman–Crippen MR) is 224 cm³/mol. The Bertz CT molecular complexity index is 1850. The van der Waals surface area contributed by atoms with E-state index in [2.05, 4.69) is 216 Å². The van der Waals surface area contributed by atoms with Crippen LogP contribution in [0.3, 0.4) is 0 Å². The zero-order valence-corrected chi connectivity index (χ0v) is 31.0. The summed E-state index contributed by atoms with van der Waals surface area (Å²) in [6.45, 7) is 0. The Morgan fingerprint density at radius 3 is 0.654 bits per heavy atom. The molecule has 52 heavy (non-hydrogen) atoms. The molecule has 2 nitrogen and oxygen atoms in total. The van der Waals surface area contributed by atoms with E-state index in [0.717, 1.165) is 12.3 Å². The van der Waals surface area contributed by atoms with Crippen LogP contribution >= 0.6 is 14.5 Å². The van der Waals surface area contributed by atoms with E-state index in [1.807, 2.05) is 24.5 Å². The van der Waals surface area contributed by atoms with Gasteiger partial charge in [0.05, 0.1) is 0 Å². The normalized spacial score (nSPS) is 11.2. The van der Waals surface area contributed by atoms with Crippen LogP contribution in [0.15, 0.2) is 231 Å². The molecule has 0 saturated carbocycles. The van der Waals surface area contributed by atoms with E-state index in [4.69, 9.17) is 0 Å². The summed E-state index contributed by atoms with van der Waals surface area (Å²) in [4.78, 5) is 6.92. The van der Waals surface area contributed by atoms with Crippen LogP contribution < -0.4 is 41.8 Å². The van der Waals surface area contributed by atoms with Gasteiger partial charge in [-0.3, -0.25) is 0 Å². The van der Waals surface area contributed by atoms with Gasteiger partial charge in [-0.15, -0.1) is 0 Å². The standard InChI is InChI=1S/2C24H21NP/c2*1-4-13-22(14-5-1)26(23-15-6-2-7-16-23,24-17-8-3-9-18-24)20-21-12-10-11-19-25-21/h2*1-19H,20H2/q2*+1/p+2. The van der Waals surface area contributed by atoms with Crippen LogP contribution in [0.25, 0.3) is 0 Å². The van der Waals surface area contributed by atoms with E-state index in [9.17, 15) is 0 Å². The number of H-pyrrole nitrogens is 2. The number of nitrogens with one attached hydrogen (secondary N) is 2. The number of pyridine rings is 2. The SMILES string of the molecule is c1ccc([P+](Cc2cccc[nH+]2)(c2ccccc2)c2ccccc2)cc1.c1ccc([P+](Cc2cccc[nH+]2)(c2ccccc2)c2ccccc2)cc1. The van der Waals surface area contributed by atoms with Crippen LogP contribution in [0.2, 0.25) is 0 Å². The highest BCUT2D eigenvalue weighted by atomic mass is 31.2. The van der Waals surface area contributed by atoms with E-state index in [0.29, 0.717) is 0 Å². The molecule has 252 valence electrons. The van der Waals surface area contributed by atoms with Gasteiger partial charge in [0.2, 0.25) is 11.4 Å². The van der Waals surface area contributed by atoms with Crippen LogP contribution in [0.1, 0.15) is 11.4 Å². The van der Waals surface area contributed by atoms with Crippen molar-refractivity contribution in [2.24, 2.45) is 0 Å². The van der Waals surface area contributed by atoms with Gasteiger partial charge in [-0.25, -0.2) is 9.97 Å². The first kappa shape index (κ1) is 34.9. The summed E-state index contributed by atoms with van der Waals surface area (Å²) in [6.07, 6.45) is 5.99. The van der Waals surface area contributed by atoms with E-state index in [1.165, 1.54) is 43.2 Å². The van der Waals surface area contributed by atoms with Gasteiger partial charge in [0.25, 0.3) is 0 Å². The van der Waals surface area contributed by atoms with E-state index in [1.54, 1.807) is 0 Å². The van der Waals surface area contributed by atoms with Gasteiger partial charge in [-0.2, -0.15) is 0 Å². The van der Waals surface area contributed by atoms with Gasteiger partial charge in [0.15, 0.2) is 24.7 Å². The summed E-state index contributed by atoms with van der Waals surface area (Å²) >= 11 is 0. The second-order valence-electron chi connectivity index (χ2n) is 12.7. The fraction of sp³-hybridized carbons (Fsp3) is 0.0417. The molecule has 0 unspecified atom stereocenters. The van der Waals surface area contributed by atoms with Crippen molar-refractivity contribution in [1.29, 1.82) is 0 Å². The van der Waals surface area contributed by atoms with Crippen molar-refractivity contribution in [3.8, 4) is 0 Å². The topological polar surface area (TPSA) is 28.3 Å². The van der Waals surface area contributed by atoms with Crippen LogP contribution in [0.5, 0.6) is 0 Å². The third-order valence-electron chi connectivity index (χ3n) is 9.54. The zero-order valence-electron chi connectivity index (χ0n) is 29.2. The molecular weight excluding hydrogens is 666 g/mol. The Labute approximate surface area is 309 Å². The Morgan fingerprint density at radius 1 is 0.250 bits per heavy atom. The molecule has 4 heteroatoms. The summed E-state index contributed by atoms with van der Waals surface area (Å²) in [5.41, 5.74) is 2.52. The summed E-state index contributed by atoms with van der Waals surface area (Å²) in [6, 6.07) is 78.6. The molecule has 2 heterocycles. The lowest BCUT2D eigenvalue weighted by Gasteiger charge is -2.26. The fourth-order valence-electron chi connectivity index (χ4n) is 7.11. The molecule has 0 radical (unpaired) electrons. The Morgan fingerprint density at radius 2 is 0.462 bits per heavy atom. The van der Waals surface area contributed by atoms with Gasteiger partial charge in [-0.05, 0) is 84.9 Å². The van der Waals surface area contributed by atoms with Crippen molar-refractivity contribution in [3.63, 3.8) is 0 Å². The summed E-state index contributed by atoms with van der Waals surface area (Å²) in [5.74, 6) is 0. The van der Waals surface area contributed by atoms with Crippen molar-refractivity contribution in [2.45, 2.75) is 12.3 Å². The molecule has 0 bridgehead atoms. The van der Waals surface area contributed by atoms with Gasteiger partial charge in [0, 0.05) is 24.3 Å². The average Bonchev–Trinajstić information content (AvgIpc) is 3.25. The monoisotopic (exact) mass is 710 g/mol. The second kappa shape index (κ2) is 17.1. The van der Waals surface area contributed by atoms with Crippen molar-refractivity contribution < 1.29 is 9.97 Å². The average molecular weight is 711 g/mol. The molecule has 0 aliphatic carbocycles. The number of rotatable bonds is 10. The molecule has 6 aromatic carbocycles. The van der Waals surface area contributed by atoms with E-state index >= 15 is 0 Å². The summed E-state index contributed by atoms with van der Waals surface area (Å²) < 4.78 is 0. The number of aromatic nitrogens is 2. The van der Waals surface area contributed by atoms with Crippen molar-refractivity contribution in [3.05, 3.63) is 242 Å². The molecule has 0 aliphatic rings. The molecule has 2 N–H and O–H groups in total. The molecule has 0 spiro atoms. The van der Waals surface area contributed by atoms with Crippen LogP contribution in [0.4, 0.5) is 0 Å². The molecule has 8 rings (SSSR count). The fourth-order valence-corrected chi connectivity index (χ4v) is 15.5. The molecule has 0 amide bonds. The largest absolute Gasteiger partial charge is 0.218 e. The third kappa shape index (κ3) is 7.70. The Balaban J connectivity index is 0.000000162. The number of benzene rings is 6. The molecule has 0 saturated heterocycles. The van der Waals surface area contributed by atoms with Crippen molar-refractivity contribution in [1.82, 2.24) is 0 Å². The first-order valence-corrected chi connectivity index (χ1v) is 21.7. The maximum Gasteiger partial charge on any atom is 0.218 e. The van der Waals surface area contributed by atoms with E-state index < -0.39 is 14.5 Å². The lowest BCUT2D eigenvalue weighted by molar-refractivity contribution is -0.388. The quantitative estimate of drug-likeness (QED) is 0.129. The second-order valence-corrected chi connectivity index (χ2v) is 19.7. The number of aromatic amines is 2. The smallest absolute Gasteiger partial charge is 0.212 e. The third-order valence-corrected chi connectivity index (χ3v) is 18.3. The summed E-state index contributed by atoms with van der Waals surface area (Å²) in [5, 5.41) is 8.47. The molecule has 2 aromatic heterocycles. The van der Waals surface area contributed by atoms with Gasteiger partial charge in [-0.1, -0.05) is 109 Å². The molecule has 0 atom stereocenters. The Kier molecular flexibility index (Phi) is 11.5. The number of hydrogen-bond acceptors (Lipinski definition) is 0. The molecule has 0 aliphatic heterocycles. The van der Waals surface area contributed by atoms with Crippen LogP contribution in [-0.2, 0) is 12.3 Å². The van der Waals surface area contributed by atoms with Gasteiger partial charge < -0.3 is 0 Å². The molecular formula is C48H44N2P2+4. The molecule has 8 aromatic rings. The maximum absolute atomic E-state index is 3.46. The minimum atomic E-state index is -1.81. The van der Waals surface area contributed by atoms with Gasteiger partial charge >= 0.3 is 0 Å². The highest BCUT2D eigenvalue weighted by Crippen LogP contribution is 2.58. The zero-order chi connectivity index (χ0) is 35.3. The van der Waals surface area contributed by atoms with Crippen molar-refractivity contribution in [2.75, 3.05) is 0 Å². The van der Waals surface area contributed by atoms with E-state index in [-0.39, 0.29) is 0 Å². The van der Waals surface area contributed by atoms with Crippen molar-refractivity contribution >= 4 is 46.4 Å². The highest BCUT2D eigenvalue weighted by molar-refractivity contribution is 7.95. The minimum absolute atomic E-state index is 0.978. The summed E-state index contributed by atoms with van der Waals surface area (Å²) in [7, 11) is -3.61. The molecule has 0 fully saturated rings. The lowest BCUT2D eigenvalue weighted by atomic mass is 10.3.